The molecule has 1 saturated heterocycles. The van der Waals surface area contributed by atoms with Gasteiger partial charge in [0.1, 0.15) is 12.4 Å². The van der Waals surface area contributed by atoms with E-state index in [1.54, 1.807) is 19.1 Å². The van der Waals surface area contributed by atoms with Gasteiger partial charge in [0.2, 0.25) is 0 Å². The molecule has 0 aromatic heterocycles. The second-order valence-corrected chi connectivity index (χ2v) is 7.04. The fourth-order valence-corrected chi connectivity index (χ4v) is 3.98. The number of benzene rings is 1. The minimum absolute atomic E-state index is 0.0197. The molecule has 142 valence electrons. The summed E-state index contributed by atoms with van der Waals surface area (Å²) in [6.07, 6.45) is -0.308. The maximum Gasteiger partial charge on any atom is 0.321 e. The van der Waals surface area contributed by atoms with Crippen LogP contribution in [0.15, 0.2) is 18.2 Å². The summed E-state index contributed by atoms with van der Waals surface area (Å²) >= 11 is 0. The van der Waals surface area contributed by atoms with Crippen molar-refractivity contribution in [2.45, 2.75) is 32.6 Å². The number of amides is 2. The summed E-state index contributed by atoms with van der Waals surface area (Å²) in [6.45, 7) is 1.62. The van der Waals surface area contributed by atoms with E-state index in [-0.39, 0.29) is 24.2 Å². The molecule has 1 aromatic carbocycles. The van der Waals surface area contributed by atoms with Gasteiger partial charge in [-0.3, -0.25) is 4.79 Å². The lowest BCUT2D eigenvalue weighted by Crippen LogP contribution is -2.38. The van der Waals surface area contributed by atoms with E-state index in [1.165, 1.54) is 11.0 Å². The van der Waals surface area contributed by atoms with Crippen molar-refractivity contribution in [1.82, 2.24) is 4.90 Å². The van der Waals surface area contributed by atoms with Crippen LogP contribution < -0.4 is 10.1 Å². The van der Waals surface area contributed by atoms with Gasteiger partial charge < -0.3 is 20.1 Å². The molecule has 8 heteroatoms. The van der Waals surface area contributed by atoms with Crippen LogP contribution in [0.2, 0.25) is 0 Å². The van der Waals surface area contributed by atoms with Crippen molar-refractivity contribution in [2.75, 3.05) is 25.0 Å². The molecule has 2 aliphatic rings. The van der Waals surface area contributed by atoms with Crippen LogP contribution in [0.5, 0.6) is 5.75 Å². The van der Waals surface area contributed by atoms with Crippen molar-refractivity contribution < 1.29 is 28.2 Å². The normalized spacial score (nSPS) is 24.6. The predicted octanol–water partition coefficient (Wildman–Crippen LogP) is 3.36. The van der Waals surface area contributed by atoms with Crippen molar-refractivity contribution in [3.8, 4) is 5.75 Å². The first-order chi connectivity index (χ1) is 12.3. The zero-order valence-electron chi connectivity index (χ0n) is 14.5. The lowest BCUT2D eigenvalue weighted by molar-refractivity contribution is -0.149. The monoisotopic (exact) mass is 368 g/mol. The number of fused-ring (bicyclic) bond motifs is 1. The lowest BCUT2D eigenvalue weighted by Gasteiger charge is -2.23. The lowest BCUT2D eigenvalue weighted by atomic mass is 9.81. The molecular weight excluding hydrogens is 346 g/mol. The number of aryl methyl sites for hydroxylation is 1. The molecule has 1 aliphatic heterocycles. The van der Waals surface area contributed by atoms with E-state index in [0.29, 0.717) is 24.2 Å². The van der Waals surface area contributed by atoms with E-state index in [2.05, 4.69) is 5.32 Å². The summed E-state index contributed by atoms with van der Waals surface area (Å²) in [5.41, 5.74) is 0.270. The van der Waals surface area contributed by atoms with E-state index in [9.17, 15) is 23.5 Å². The zero-order valence-corrected chi connectivity index (χ0v) is 14.5. The summed E-state index contributed by atoms with van der Waals surface area (Å²) in [7, 11) is 0. The third kappa shape index (κ3) is 3.45. The molecule has 0 unspecified atom stereocenters. The minimum Gasteiger partial charge on any atom is -0.487 e. The number of likely N-dealkylation sites (tertiary alicyclic amines) is 1. The SMILES string of the molecule is Cc1ccc(NC(=O)N2C[C@@H]3CCC[C@@]3(C(=O)O)C2)cc1OCC(F)F. The largest absolute Gasteiger partial charge is 0.487 e. The maximum absolute atomic E-state index is 12.5. The Hall–Kier alpha value is -2.38. The number of halogens is 2. The third-order valence-corrected chi connectivity index (χ3v) is 5.39. The highest BCUT2D eigenvalue weighted by Gasteiger charge is 2.55. The molecule has 1 aromatic rings. The molecule has 6 nitrogen and oxygen atoms in total. The average molecular weight is 368 g/mol. The van der Waals surface area contributed by atoms with E-state index < -0.39 is 24.4 Å². The van der Waals surface area contributed by atoms with Gasteiger partial charge in [-0.1, -0.05) is 12.5 Å². The van der Waals surface area contributed by atoms with Gasteiger partial charge in [-0.05, 0) is 37.3 Å². The number of urea groups is 1. The number of carboxylic acids is 1. The quantitative estimate of drug-likeness (QED) is 0.835. The van der Waals surface area contributed by atoms with Gasteiger partial charge in [0.15, 0.2) is 0 Å². The molecule has 0 bridgehead atoms. The smallest absolute Gasteiger partial charge is 0.321 e. The zero-order chi connectivity index (χ0) is 18.9. The highest BCUT2D eigenvalue weighted by atomic mass is 19.3. The number of carboxylic acid groups (broad SMARTS) is 1. The van der Waals surface area contributed by atoms with Crippen molar-refractivity contribution in [2.24, 2.45) is 11.3 Å². The molecule has 0 radical (unpaired) electrons. The van der Waals surface area contributed by atoms with Gasteiger partial charge in [0.05, 0.1) is 5.41 Å². The number of nitrogens with zero attached hydrogens (tertiary/aromatic N) is 1. The number of hydrogen-bond donors (Lipinski definition) is 2. The number of nitrogens with one attached hydrogen (secondary N) is 1. The molecular formula is C18H22F2N2O4. The number of anilines is 1. The first-order valence-electron chi connectivity index (χ1n) is 8.63. The standard InChI is InChI=1S/C18H22F2N2O4/c1-11-4-5-13(7-14(11)26-9-15(19)20)21-17(25)22-8-12-3-2-6-18(12,10-22)16(23)24/h4-5,7,12,15H,2-3,6,8-10H2,1H3,(H,21,25)(H,23,24)/t12-,18+/m0/s1. The van der Waals surface area contributed by atoms with Crippen LogP contribution in [0.4, 0.5) is 19.3 Å². The van der Waals surface area contributed by atoms with Crippen LogP contribution in [-0.2, 0) is 4.79 Å². The number of hydrogen-bond acceptors (Lipinski definition) is 3. The molecule has 26 heavy (non-hydrogen) atoms. The Morgan fingerprint density at radius 2 is 2.23 bits per heavy atom. The van der Waals surface area contributed by atoms with Gasteiger partial charge in [-0.25, -0.2) is 13.6 Å². The third-order valence-electron chi connectivity index (χ3n) is 5.39. The molecule has 1 heterocycles. The van der Waals surface area contributed by atoms with Crippen molar-refractivity contribution in [3.63, 3.8) is 0 Å². The Bertz CT molecular complexity index is 712. The maximum atomic E-state index is 12.5. The van der Waals surface area contributed by atoms with Gasteiger partial charge in [-0.15, -0.1) is 0 Å². The van der Waals surface area contributed by atoms with Crippen LogP contribution in [0.3, 0.4) is 0 Å². The van der Waals surface area contributed by atoms with Crippen LogP contribution in [-0.4, -0.2) is 48.1 Å². The number of alkyl halides is 2. The Morgan fingerprint density at radius 3 is 2.88 bits per heavy atom. The second kappa shape index (κ2) is 7.09. The summed E-state index contributed by atoms with van der Waals surface area (Å²) in [6, 6.07) is 4.45. The number of rotatable bonds is 5. The first-order valence-corrected chi connectivity index (χ1v) is 8.63. The van der Waals surface area contributed by atoms with Crippen molar-refractivity contribution in [3.05, 3.63) is 23.8 Å². The van der Waals surface area contributed by atoms with Gasteiger partial charge in [0.25, 0.3) is 6.43 Å². The highest BCUT2D eigenvalue weighted by Crippen LogP contribution is 2.48. The van der Waals surface area contributed by atoms with Gasteiger partial charge >= 0.3 is 12.0 Å². The highest BCUT2D eigenvalue weighted by molar-refractivity contribution is 5.91. The Balaban J connectivity index is 1.67. The fourth-order valence-electron chi connectivity index (χ4n) is 3.98. The minimum atomic E-state index is -2.58. The molecule has 2 N–H and O–H groups in total. The number of carbonyl (C=O) groups is 2. The fraction of sp³-hybridized carbons (Fsp3) is 0.556. The van der Waals surface area contributed by atoms with E-state index in [4.69, 9.17) is 4.74 Å². The number of aliphatic carboxylic acids is 1. The number of ether oxygens (including phenoxy) is 1. The summed E-state index contributed by atoms with van der Waals surface area (Å²) in [5, 5.41) is 12.3. The van der Waals surface area contributed by atoms with Crippen LogP contribution in [0.1, 0.15) is 24.8 Å². The molecule has 3 rings (SSSR count). The molecule has 2 amide bonds. The summed E-state index contributed by atoms with van der Waals surface area (Å²) in [5.74, 6) is -0.578. The Morgan fingerprint density at radius 1 is 1.46 bits per heavy atom. The van der Waals surface area contributed by atoms with Gasteiger partial charge in [-0.2, -0.15) is 0 Å². The van der Waals surface area contributed by atoms with Crippen molar-refractivity contribution >= 4 is 17.7 Å². The van der Waals surface area contributed by atoms with Crippen LogP contribution >= 0.6 is 0 Å². The first kappa shape index (κ1) is 18.4. The van der Waals surface area contributed by atoms with Crippen molar-refractivity contribution in [1.29, 1.82) is 0 Å². The number of carbonyl (C=O) groups excluding carboxylic acids is 1. The van der Waals surface area contributed by atoms with Crippen LogP contribution in [0.25, 0.3) is 0 Å². The van der Waals surface area contributed by atoms with E-state index >= 15 is 0 Å². The predicted molar refractivity (Wildman–Crippen MR) is 90.7 cm³/mol. The molecule has 2 atom stereocenters. The molecule has 0 spiro atoms. The Labute approximate surface area is 150 Å². The van der Waals surface area contributed by atoms with Crippen LogP contribution in [0, 0.1) is 18.3 Å². The topological polar surface area (TPSA) is 78.9 Å². The van der Waals surface area contributed by atoms with E-state index in [1.807, 2.05) is 0 Å². The summed E-state index contributed by atoms with van der Waals surface area (Å²) < 4.78 is 29.7. The Kier molecular flexibility index (Phi) is 5.02. The average Bonchev–Trinajstić information content (AvgIpc) is 3.13. The molecule has 1 saturated carbocycles. The summed E-state index contributed by atoms with van der Waals surface area (Å²) in [4.78, 5) is 25.8. The van der Waals surface area contributed by atoms with E-state index in [0.717, 1.165) is 12.8 Å². The van der Waals surface area contributed by atoms with Gasteiger partial charge in [0, 0.05) is 24.8 Å². The molecule has 1 aliphatic carbocycles. The molecule has 2 fully saturated rings. The second-order valence-electron chi connectivity index (χ2n) is 7.04.